The summed E-state index contributed by atoms with van der Waals surface area (Å²) >= 11 is 0. The molecule has 2 N–H and O–H groups in total. The maximum atomic E-state index is 13.1. The molecular weight excluding hydrogens is 492 g/mol. The molecule has 5 amide bonds. The number of ether oxygens (including phenoxy) is 1. The van der Waals surface area contributed by atoms with E-state index in [-0.39, 0.29) is 29.3 Å². The quantitative estimate of drug-likeness (QED) is 0.210. The number of nitrogens with zero attached hydrogens (tertiary/aromatic N) is 2. The van der Waals surface area contributed by atoms with Gasteiger partial charge in [0, 0.05) is 23.4 Å². The van der Waals surface area contributed by atoms with Crippen molar-refractivity contribution in [3.63, 3.8) is 0 Å². The molecule has 11 nitrogen and oxygen atoms in total. The Balaban J connectivity index is 1.55. The van der Waals surface area contributed by atoms with Gasteiger partial charge in [-0.2, -0.15) is 0 Å². The summed E-state index contributed by atoms with van der Waals surface area (Å²) in [5, 5.41) is 15.8. The van der Waals surface area contributed by atoms with Crippen molar-refractivity contribution in [2.45, 2.75) is 13.8 Å². The monoisotopic (exact) mass is 514 g/mol. The van der Waals surface area contributed by atoms with E-state index >= 15 is 0 Å². The average Bonchev–Trinajstić information content (AvgIpc) is 2.89. The highest BCUT2D eigenvalue weighted by molar-refractivity contribution is 6.39. The number of anilines is 2. The summed E-state index contributed by atoms with van der Waals surface area (Å²) in [4.78, 5) is 61.6. The minimum absolute atomic E-state index is 0.0455. The van der Waals surface area contributed by atoms with Crippen LogP contribution in [0, 0.1) is 24.0 Å². The Bertz CT molecular complexity index is 1500. The van der Waals surface area contributed by atoms with E-state index in [0.717, 1.165) is 23.3 Å². The Kier molecular flexibility index (Phi) is 7.28. The van der Waals surface area contributed by atoms with Gasteiger partial charge in [-0.1, -0.05) is 30.3 Å². The number of imide groups is 2. The van der Waals surface area contributed by atoms with Crippen molar-refractivity contribution in [3.05, 3.63) is 99.1 Å². The number of non-ortho nitro benzene ring substituents is 1. The van der Waals surface area contributed by atoms with Gasteiger partial charge in [0.1, 0.15) is 11.3 Å². The molecule has 0 aliphatic carbocycles. The molecule has 38 heavy (non-hydrogen) atoms. The Hall–Kier alpha value is -5.32. The van der Waals surface area contributed by atoms with Crippen molar-refractivity contribution in [1.29, 1.82) is 0 Å². The Morgan fingerprint density at radius 2 is 1.74 bits per heavy atom. The summed E-state index contributed by atoms with van der Waals surface area (Å²) in [6, 6.07) is 15.8. The fraction of sp³-hybridized carbons (Fsp3) is 0.111. The van der Waals surface area contributed by atoms with Crippen LogP contribution in [0.1, 0.15) is 16.7 Å². The molecule has 1 heterocycles. The van der Waals surface area contributed by atoms with Gasteiger partial charge in [-0.15, -0.1) is 0 Å². The molecule has 0 atom stereocenters. The van der Waals surface area contributed by atoms with Gasteiger partial charge in [-0.05, 0) is 55.3 Å². The SMILES string of the molecule is Cc1cccc(NC(=O)COc2ccccc2/C=C2/C(=O)NC(=O)N(c3ccc([N+](=O)[O-])cc3)C2=O)c1C. The van der Waals surface area contributed by atoms with Crippen molar-refractivity contribution < 1.29 is 28.8 Å². The molecule has 3 aromatic rings. The Labute approximate surface area is 216 Å². The standard InChI is InChI=1S/C27H22N4O7/c1-16-6-5-8-22(17(16)2)28-24(32)15-38-23-9-4-3-7-18(23)14-21-25(33)29-27(35)30(26(21)34)19-10-12-20(13-11-19)31(36)37/h3-14H,15H2,1-2H3,(H,28,32)(H,29,33,35)/b21-14-. The first kappa shape index (κ1) is 25.8. The number of barbiturate groups is 1. The highest BCUT2D eigenvalue weighted by Gasteiger charge is 2.37. The van der Waals surface area contributed by atoms with Gasteiger partial charge in [0.2, 0.25) is 0 Å². The average molecular weight is 514 g/mol. The molecule has 0 bridgehead atoms. The van der Waals surface area contributed by atoms with Crippen LogP contribution in [-0.4, -0.2) is 35.3 Å². The van der Waals surface area contributed by atoms with Crippen LogP contribution in [-0.2, 0) is 14.4 Å². The fourth-order valence-electron chi connectivity index (χ4n) is 3.72. The number of benzene rings is 3. The summed E-state index contributed by atoms with van der Waals surface area (Å²) in [7, 11) is 0. The second-order valence-electron chi connectivity index (χ2n) is 8.35. The zero-order valence-corrected chi connectivity index (χ0v) is 20.4. The van der Waals surface area contributed by atoms with E-state index in [0.29, 0.717) is 16.2 Å². The van der Waals surface area contributed by atoms with Crippen molar-refractivity contribution in [1.82, 2.24) is 5.32 Å². The van der Waals surface area contributed by atoms with E-state index < -0.39 is 28.7 Å². The molecule has 0 aromatic heterocycles. The Morgan fingerprint density at radius 1 is 1.03 bits per heavy atom. The van der Waals surface area contributed by atoms with Crippen LogP contribution in [0.25, 0.3) is 6.08 Å². The van der Waals surface area contributed by atoms with Crippen LogP contribution in [0.5, 0.6) is 5.75 Å². The van der Waals surface area contributed by atoms with Gasteiger partial charge < -0.3 is 10.1 Å². The molecule has 1 aliphatic rings. The maximum Gasteiger partial charge on any atom is 0.335 e. The topological polar surface area (TPSA) is 148 Å². The van der Waals surface area contributed by atoms with Gasteiger partial charge in [0.25, 0.3) is 23.4 Å². The third-order valence-electron chi connectivity index (χ3n) is 5.88. The summed E-state index contributed by atoms with van der Waals surface area (Å²) in [5.41, 5.74) is 2.40. The van der Waals surface area contributed by atoms with E-state index in [1.165, 1.54) is 18.2 Å². The van der Waals surface area contributed by atoms with Crippen LogP contribution in [0.15, 0.2) is 72.3 Å². The van der Waals surface area contributed by atoms with Crippen molar-refractivity contribution in [2.75, 3.05) is 16.8 Å². The summed E-state index contributed by atoms with van der Waals surface area (Å²) in [6.07, 6.45) is 1.25. The van der Waals surface area contributed by atoms with E-state index in [4.69, 9.17) is 4.74 Å². The van der Waals surface area contributed by atoms with Gasteiger partial charge in [-0.25, -0.2) is 9.69 Å². The van der Waals surface area contributed by atoms with Crippen LogP contribution >= 0.6 is 0 Å². The first-order valence-electron chi connectivity index (χ1n) is 11.4. The molecule has 0 radical (unpaired) electrons. The number of rotatable bonds is 7. The molecule has 3 aromatic carbocycles. The predicted octanol–water partition coefficient (Wildman–Crippen LogP) is 3.90. The lowest BCUT2D eigenvalue weighted by Crippen LogP contribution is -2.54. The van der Waals surface area contributed by atoms with Crippen LogP contribution in [0.3, 0.4) is 0 Å². The van der Waals surface area contributed by atoms with Crippen LogP contribution < -0.4 is 20.3 Å². The minimum atomic E-state index is -0.987. The molecule has 4 rings (SSSR count). The van der Waals surface area contributed by atoms with Crippen molar-refractivity contribution in [3.8, 4) is 5.75 Å². The third kappa shape index (κ3) is 5.41. The number of para-hydroxylation sites is 1. The number of aryl methyl sites for hydroxylation is 1. The summed E-state index contributed by atoms with van der Waals surface area (Å²) < 4.78 is 5.68. The number of carbonyl (C=O) groups excluding carboxylic acids is 4. The van der Waals surface area contributed by atoms with Crippen molar-refractivity contribution in [2.24, 2.45) is 0 Å². The first-order valence-corrected chi connectivity index (χ1v) is 11.4. The van der Waals surface area contributed by atoms with E-state index in [9.17, 15) is 29.3 Å². The zero-order chi connectivity index (χ0) is 27.4. The van der Waals surface area contributed by atoms with E-state index in [1.54, 1.807) is 30.3 Å². The number of hydrogen-bond acceptors (Lipinski definition) is 7. The zero-order valence-electron chi connectivity index (χ0n) is 20.4. The van der Waals surface area contributed by atoms with E-state index in [1.807, 2.05) is 26.0 Å². The number of nitro benzene ring substituents is 1. The third-order valence-corrected chi connectivity index (χ3v) is 5.88. The first-order chi connectivity index (χ1) is 18.2. The fourth-order valence-corrected chi connectivity index (χ4v) is 3.72. The number of carbonyl (C=O) groups is 4. The van der Waals surface area contributed by atoms with Gasteiger partial charge in [0.15, 0.2) is 6.61 Å². The van der Waals surface area contributed by atoms with Crippen LogP contribution in [0.4, 0.5) is 21.9 Å². The molecule has 1 fully saturated rings. The molecule has 1 aliphatic heterocycles. The van der Waals surface area contributed by atoms with E-state index in [2.05, 4.69) is 10.6 Å². The second kappa shape index (κ2) is 10.7. The lowest BCUT2D eigenvalue weighted by Gasteiger charge is -2.26. The van der Waals surface area contributed by atoms with Crippen molar-refractivity contribution >= 4 is 46.9 Å². The summed E-state index contributed by atoms with van der Waals surface area (Å²) in [6.45, 7) is 3.50. The largest absolute Gasteiger partial charge is 0.483 e. The number of nitrogens with one attached hydrogen (secondary N) is 2. The molecular formula is C27H22N4O7. The van der Waals surface area contributed by atoms with Gasteiger partial charge in [0.05, 0.1) is 10.6 Å². The maximum absolute atomic E-state index is 13.1. The lowest BCUT2D eigenvalue weighted by atomic mass is 10.1. The smallest absolute Gasteiger partial charge is 0.335 e. The van der Waals surface area contributed by atoms with Crippen LogP contribution in [0.2, 0.25) is 0 Å². The Morgan fingerprint density at radius 3 is 2.45 bits per heavy atom. The number of urea groups is 1. The van der Waals surface area contributed by atoms with Gasteiger partial charge in [-0.3, -0.25) is 29.8 Å². The minimum Gasteiger partial charge on any atom is -0.483 e. The number of amides is 5. The predicted molar refractivity (Wildman–Crippen MR) is 139 cm³/mol. The molecule has 0 saturated carbocycles. The normalized spacial score (nSPS) is 14.3. The molecule has 0 unspecified atom stereocenters. The number of hydrogen-bond donors (Lipinski definition) is 2. The highest BCUT2D eigenvalue weighted by Crippen LogP contribution is 2.27. The molecule has 0 spiro atoms. The second-order valence-corrected chi connectivity index (χ2v) is 8.35. The highest BCUT2D eigenvalue weighted by atomic mass is 16.6. The van der Waals surface area contributed by atoms with Gasteiger partial charge >= 0.3 is 6.03 Å². The molecule has 192 valence electrons. The molecule has 11 heteroatoms. The summed E-state index contributed by atoms with van der Waals surface area (Å²) in [5.74, 6) is -2.01. The lowest BCUT2D eigenvalue weighted by molar-refractivity contribution is -0.384. The number of nitro groups is 1. The molecule has 1 saturated heterocycles.